The van der Waals surface area contributed by atoms with E-state index in [-0.39, 0.29) is 30.3 Å². The number of benzene rings is 4. The Hall–Kier alpha value is -3.45. The summed E-state index contributed by atoms with van der Waals surface area (Å²) >= 11 is 0. The number of amides is 1. The van der Waals surface area contributed by atoms with Crippen molar-refractivity contribution in [2.24, 2.45) is 5.92 Å². The Bertz CT molecular complexity index is 1250. The molecule has 1 unspecified atom stereocenters. The molecule has 0 fully saturated rings. The summed E-state index contributed by atoms with van der Waals surface area (Å²) < 4.78 is 0. The van der Waals surface area contributed by atoms with Gasteiger partial charge in [-0.1, -0.05) is 121 Å². The van der Waals surface area contributed by atoms with Crippen LogP contribution >= 0.6 is 15.8 Å². The zero-order valence-electron chi connectivity index (χ0n) is 24.4. The Kier molecular flexibility index (Phi) is 12.2. The maximum Gasteiger partial charge on any atom is 0.223 e. The molecule has 0 saturated carbocycles. The Morgan fingerprint density at radius 3 is 1.17 bits per heavy atom. The van der Waals surface area contributed by atoms with E-state index in [2.05, 4.69) is 97.1 Å². The summed E-state index contributed by atoms with van der Waals surface area (Å²) in [7, 11) is -1.36. The largest absolute Gasteiger partial charge is 0.342 e. The maximum atomic E-state index is 13.9. The number of nitrogens with zero attached hydrogens (tertiary/aromatic N) is 1. The maximum absolute atomic E-state index is 13.9. The van der Waals surface area contributed by atoms with Crippen molar-refractivity contribution < 1.29 is 14.4 Å². The molecule has 0 N–H and O–H groups in total. The lowest BCUT2D eigenvalue weighted by atomic mass is 9.94. The van der Waals surface area contributed by atoms with E-state index >= 15 is 0 Å². The summed E-state index contributed by atoms with van der Waals surface area (Å²) in [6.07, 6.45) is 1.82. The quantitative estimate of drug-likeness (QED) is 0.167. The molecule has 4 rings (SSSR count). The summed E-state index contributed by atoms with van der Waals surface area (Å²) in [5.74, 6) is -0.802. The molecule has 0 aliphatic carbocycles. The first-order valence-electron chi connectivity index (χ1n) is 14.5. The standard InChI is InChI=1S/C36H39NO3P2/c1-29(38)27-31(30(2)39)28-36(40)37(23-25-41(32-15-7-3-8-16-32)33-17-9-4-10-18-33)24-26-42(34-19-11-5-12-20-34)35-21-13-6-14-22-35/h3-22,31H,23-28H2,1-2H3. The Balaban J connectivity index is 1.60. The van der Waals surface area contributed by atoms with E-state index < -0.39 is 21.8 Å². The molecule has 6 heteroatoms. The van der Waals surface area contributed by atoms with E-state index in [1.807, 2.05) is 29.2 Å². The summed E-state index contributed by atoms with van der Waals surface area (Å²) in [5, 5.41) is 5.11. The second kappa shape index (κ2) is 16.3. The first-order chi connectivity index (χ1) is 20.4. The van der Waals surface area contributed by atoms with Gasteiger partial charge in [-0.05, 0) is 63.2 Å². The number of ketones is 2. The van der Waals surface area contributed by atoms with Crippen LogP contribution in [0.2, 0.25) is 0 Å². The Morgan fingerprint density at radius 1 is 0.548 bits per heavy atom. The van der Waals surface area contributed by atoms with Crippen LogP contribution in [-0.4, -0.2) is 47.8 Å². The fourth-order valence-electron chi connectivity index (χ4n) is 5.10. The van der Waals surface area contributed by atoms with Crippen LogP contribution in [0.4, 0.5) is 0 Å². The Labute approximate surface area is 252 Å². The zero-order chi connectivity index (χ0) is 29.7. The van der Waals surface area contributed by atoms with Crippen molar-refractivity contribution in [3.05, 3.63) is 121 Å². The van der Waals surface area contributed by atoms with Crippen LogP contribution in [0.3, 0.4) is 0 Å². The van der Waals surface area contributed by atoms with Gasteiger partial charge in [0.15, 0.2) is 0 Å². The third-order valence-electron chi connectivity index (χ3n) is 7.34. The van der Waals surface area contributed by atoms with Gasteiger partial charge in [-0.2, -0.15) is 0 Å². The van der Waals surface area contributed by atoms with Gasteiger partial charge in [0, 0.05) is 31.8 Å². The topological polar surface area (TPSA) is 54.5 Å². The molecule has 0 aliphatic heterocycles. The molecule has 4 aromatic carbocycles. The van der Waals surface area contributed by atoms with Crippen molar-refractivity contribution in [2.45, 2.75) is 26.7 Å². The second-order valence-corrected chi connectivity index (χ2v) is 15.1. The molecule has 42 heavy (non-hydrogen) atoms. The van der Waals surface area contributed by atoms with Gasteiger partial charge >= 0.3 is 0 Å². The van der Waals surface area contributed by atoms with E-state index in [1.54, 1.807) is 0 Å². The summed E-state index contributed by atoms with van der Waals surface area (Å²) in [5.41, 5.74) is 0. The van der Waals surface area contributed by atoms with Gasteiger partial charge in [0.05, 0.1) is 0 Å². The number of carbonyl (C=O) groups is 3. The number of hydrogen-bond acceptors (Lipinski definition) is 3. The third kappa shape index (κ3) is 9.28. The highest BCUT2D eigenvalue weighted by Gasteiger charge is 2.26. The minimum atomic E-state index is -0.678. The van der Waals surface area contributed by atoms with Crippen LogP contribution in [0.15, 0.2) is 121 Å². The van der Waals surface area contributed by atoms with Crippen LogP contribution < -0.4 is 21.2 Å². The van der Waals surface area contributed by atoms with E-state index in [4.69, 9.17) is 0 Å². The van der Waals surface area contributed by atoms with E-state index in [0.717, 1.165) is 12.3 Å². The van der Waals surface area contributed by atoms with Crippen molar-refractivity contribution in [1.82, 2.24) is 4.90 Å². The molecule has 0 spiro atoms. The lowest BCUT2D eigenvalue weighted by Crippen LogP contribution is -2.39. The molecule has 4 aromatic rings. The lowest BCUT2D eigenvalue weighted by molar-refractivity contribution is -0.135. The van der Waals surface area contributed by atoms with Crippen LogP contribution in [0, 0.1) is 5.92 Å². The highest BCUT2D eigenvalue weighted by atomic mass is 31.1. The zero-order valence-corrected chi connectivity index (χ0v) is 26.2. The molecule has 216 valence electrons. The van der Waals surface area contributed by atoms with Crippen molar-refractivity contribution in [3.8, 4) is 0 Å². The van der Waals surface area contributed by atoms with E-state index in [1.165, 1.54) is 35.1 Å². The molecule has 4 nitrogen and oxygen atoms in total. The molecule has 0 radical (unpaired) electrons. The normalized spacial score (nSPS) is 11.8. The minimum Gasteiger partial charge on any atom is -0.342 e. The number of hydrogen-bond donors (Lipinski definition) is 0. The lowest BCUT2D eigenvalue weighted by Gasteiger charge is -2.29. The van der Waals surface area contributed by atoms with Crippen molar-refractivity contribution in [3.63, 3.8) is 0 Å². The fourth-order valence-corrected chi connectivity index (χ4v) is 9.74. The van der Waals surface area contributed by atoms with E-state index in [0.29, 0.717) is 13.1 Å². The van der Waals surface area contributed by atoms with Gasteiger partial charge < -0.3 is 9.69 Å². The van der Waals surface area contributed by atoms with E-state index in [9.17, 15) is 14.4 Å². The fraction of sp³-hybridized carbons (Fsp3) is 0.250. The molecule has 1 amide bonds. The predicted octanol–water partition coefficient (Wildman–Crippen LogP) is 5.66. The van der Waals surface area contributed by atoms with Gasteiger partial charge in [0.2, 0.25) is 5.91 Å². The average molecular weight is 596 g/mol. The first-order valence-corrected chi connectivity index (χ1v) is 17.5. The summed E-state index contributed by atoms with van der Waals surface area (Å²) in [4.78, 5) is 40.1. The number of carbonyl (C=O) groups excluding carboxylic acids is 3. The van der Waals surface area contributed by atoms with Crippen LogP contribution in [0.5, 0.6) is 0 Å². The van der Waals surface area contributed by atoms with Gasteiger partial charge in [-0.3, -0.25) is 9.59 Å². The summed E-state index contributed by atoms with van der Waals surface area (Å²) in [6.45, 7) is 4.15. The minimum absolute atomic E-state index is 0.0522. The second-order valence-electron chi connectivity index (χ2n) is 10.4. The first kappa shape index (κ1) is 31.5. The number of rotatable bonds is 15. The van der Waals surface area contributed by atoms with Crippen molar-refractivity contribution >= 4 is 54.5 Å². The molecule has 0 aliphatic rings. The van der Waals surface area contributed by atoms with Crippen molar-refractivity contribution in [1.29, 1.82) is 0 Å². The smallest absolute Gasteiger partial charge is 0.223 e. The summed E-state index contributed by atoms with van der Waals surface area (Å²) in [6, 6.07) is 42.1. The third-order valence-corrected chi connectivity index (χ3v) is 12.3. The van der Waals surface area contributed by atoms with Crippen LogP contribution in [-0.2, 0) is 14.4 Å². The van der Waals surface area contributed by atoms with Gasteiger partial charge in [-0.15, -0.1) is 0 Å². The molecule has 0 heterocycles. The Morgan fingerprint density at radius 2 is 0.881 bits per heavy atom. The predicted molar refractivity (Wildman–Crippen MR) is 179 cm³/mol. The van der Waals surface area contributed by atoms with Crippen LogP contribution in [0.1, 0.15) is 26.7 Å². The molecule has 1 atom stereocenters. The molecule has 0 aromatic heterocycles. The van der Waals surface area contributed by atoms with Gasteiger partial charge in [0.25, 0.3) is 0 Å². The van der Waals surface area contributed by atoms with Crippen LogP contribution in [0.25, 0.3) is 0 Å². The highest BCUT2D eigenvalue weighted by molar-refractivity contribution is 7.73. The van der Waals surface area contributed by atoms with Crippen molar-refractivity contribution in [2.75, 3.05) is 25.4 Å². The number of Topliss-reactive ketones (excluding diaryl/α,β-unsaturated/α-hetero) is 2. The average Bonchev–Trinajstić information content (AvgIpc) is 3.01. The molecular weight excluding hydrogens is 556 g/mol. The molecule has 0 bridgehead atoms. The molecular formula is C36H39NO3P2. The highest BCUT2D eigenvalue weighted by Crippen LogP contribution is 2.35. The van der Waals surface area contributed by atoms with Gasteiger partial charge in [0.1, 0.15) is 11.6 Å². The molecule has 0 saturated heterocycles. The monoisotopic (exact) mass is 595 g/mol. The van der Waals surface area contributed by atoms with Gasteiger partial charge in [-0.25, -0.2) is 0 Å². The SMILES string of the molecule is CC(=O)CC(CC(=O)N(CCP(c1ccccc1)c1ccccc1)CCP(c1ccccc1)c1ccccc1)C(C)=O.